The Hall–Kier alpha value is -3.30. The van der Waals surface area contributed by atoms with Crippen LogP contribution in [0, 0.1) is 5.92 Å². The molecule has 0 radical (unpaired) electrons. The number of likely N-dealkylation sites (N-methyl/N-ethyl adjacent to an activating group) is 1. The highest BCUT2D eigenvalue weighted by atomic mass is 16.6. The quantitative estimate of drug-likeness (QED) is 0.233. The number of carbonyl (C=O) groups is 4. The van der Waals surface area contributed by atoms with Gasteiger partial charge in [-0.3, -0.25) is 10.2 Å². The summed E-state index contributed by atoms with van der Waals surface area (Å²) < 4.78 is 21.0. The van der Waals surface area contributed by atoms with Crippen molar-refractivity contribution in [2.24, 2.45) is 5.92 Å². The Balaban J connectivity index is 3.11. The lowest BCUT2D eigenvalue weighted by Crippen LogP contribution is -2.48. The molecule has 0 aliphatic carbocycles. The molecule has 208 valence electrons. The SMILES string of the molecule is CCCCOC(=O)[C@@H](Cc1ccc(NC(=O)OC)cc1)OC(=O)[C@H](CC(C)C)N(C)C(=O)OC(C)(C)C. The van der Waals surface area contributed by atoms with E-state index in [1.165, 1.54) is 19.1 Å². The molecule has 1 N–H and O–H groups in total. The second-order valence-electron chi connectivity index (χ2n) is 10.2. The Morgan fingerprint density at radius 2 is 1.65 bits per heavy atom. The Kier molecular flexibility index (Phi) is 12.9. The van der Waals surface area contributed by atoms with Crippen molar-refractivity contribution in [1.82, 2.24) is 4.90 Å². The standard InChI is InChI=1S/C27H42N2O8/c1-9-10-15-35-24(31)22(17-19-11-13-20(14-12-19)28-25(32)34-8)36-23(30)21(16-18(2)3)29(7)26(33)37-27(4,5)6/h11-14,18,21-22H,9-10,15-17H2,1-8H3,(H,28,32)/t21-,22+/m0/s1. The number of hydrogen-bond acceptors (Lipinski definition) is 8. The van der Waals surface area contributed by atoms with Crippen molar-refractivity contribution in [3.63, 3.8) is 0 Å². The first-order valence-corrected chi connectivity index (χ1v) is 12.5. The predicted molar refractivity (Wildman–Crippen MR) is 139 cm³/mol. The first kappa shape index (κ1) is 31.7. The molecule has 2 atom stereocenters. The summed E-state index contributed by atoms with van der Waals surface area (Å²) in [6.07, 6.45) is -0.596. The average Bonchev–Trinajstić information content (AvgIpc) is 2.81. The van der Waals surface area contributed by atoms with Gasteiger partial charge in [-0.1, -0.05) is 39.3 Å². The third kappa shape index (κ3) is 12.0. The largest absolute Gasteiger partial charge is 0.463 e. The Bertz CT molecular complexity index is 893. The molecule has 1 aromatic carbocycles. The van der Waals surface area contributed by atoms with Crippen molar-refractivity contribution < 1.29 is 38.1 Å². The molecule has 2 amide bonds. The van der Waals surface area contributed by atoms with Crippen LogP contribution in [0.25, 0.3) is 0 Å². The van der Waals surface area contributed by atoms with Crippen LogP contribution in [0.15, 0.2) is 24.3 Å². The monoisotopic (exact) mass is 522 g/mol. The highest BCUT2D eigenvalue weighted by molar-refractivity contribution is 5.85. The summed E-state index contributed by atoms with van der Waals surface area (Å²) in [6, 6.07) is 5.73. The van der Waals surface area contributed by atoms with E-state index in [0.29, 0.717) is 24.1 Å². The van der Waals surface area contributed by atoms with Gasteiger partial charge >= 0.3 is 24.1 Å². The van der Waals surface area contributed by atoms with Gasteiger partial charge in [0.25, 0.3) is 0 Å². The number of rotatable bonds is 12. The number of methoxy groups -OCH3 is 1. The van der Waals surface area contributed by atoms with Crippen LogP contribution in [0.1, 0.15) is 66.4 Å². The fraction of sp³-hybridized carbons (Fsp3) is 0.630. The zero-order valence-electron chi connectivity index (χ0n) is 23.3. The average molecular weight is 523 g/mol. The van der Waals surface area contributed by atoms with Gasteiger partial charge < -0.3 is 18.9 Å². The predicted octanol–water partition coefficient (Wildman–Crippen LogP) is 4.94. The first-order chi connectivity index (χ1) is 17.3. The fourth-order valence-electron chi connectivity index (χ4n) is 3.23. The van der Waals surface area contributed by atoms with Gasteiger partial charge in [-0.2, -0.15) is 0 Å². The number of carbonyl (C=O) groups excluding carboxylic acids is 4. The maximum Gasteiger partial charge on any atom is 0.411 e. The molecule has 0 heterocycles. The maximum absolute atomic E-state index is 13.3. The lowest BCUT2D eigenvalue weighted by Gasteiger charge is -2.31. The molecular formula is C27H42N2O8. The summed E-state index contributed by atoms with van der Waals surface area (Å²) in [5, 5.41) is 2.55. The van der Waals surface area contributed by atoms with E-state index in [4.69, 9.17) is 14.2 Å². The molecule has 1 aromatic rings. The number of esters is 2. The van der Waals surface area contributed by atoms with E-state index in [2.05, 4.69) is 10.1 Å². The Morgan fingerprint density at radius 1 is 1.03 bits per heavy atom. The number of benzene rings is 1. The lowest BCUT2D eigenvalue weighted by atomic mass is 10.0. The number of nitrogens with zero attached hydrogens (tertiary/aromatic N) is 1. The molecule has 10 heteroatoms. The molecule has 0 saturated carbocycles. The van der Waals surface area contributed by atoms with Gasteiger partial charge in [0.15, 0.2) is 0 Å². The molecule has 10 nitrogen and oxygen atoms in total. The highest BCUT2D eigenvalue weighted by Gasteiger charge is 2.35. The van der Waals surface area contributed by atoms with Crippen molar-refractivity contribution in [3.8, 4) is 0 Å². The first-order valence-electron chi connectivity index (χ1n) is 12.5. The molecule has 0 fully saturated rings. The van der Waals surface area contributed by atoms with Gasteiger partial charge in [0.05, 0.1) is 13.7 Å². The van der Waals surface area contributed by atoms with Crippen molar-refractivity contribution in [1.29, 1.82) is 0 Å². The molecule has 37 heavy (non-hydrogen) atoms. The van der Waals surface area contributed by atoms with Crippen LogP contribution in [0.5, 0.6) is 0 Å². The number of nitrogens with one attached hydrogen (secondary N) is 1. The van der Waals surface area contributed by atoms with Gasteiger partial charge in [-0.05, 0) is 57.2 Å². The van der Waals surface area contributed by atoms with Crippen LogP contribution in [0.2, 0.25) is 0 Å². The number of ether oxygens (including phenoxy) is 4. The van der Waals surface area contributed by atoms with E-state index in [9.17, 15) is 19.2 Å². The van der Waals surface area contributed by atoms with Crippen LogP contribution in [0.4, 0.5) is 15.3 Å². The van der Waals surface area contributed by atoms with Gasteiger partial charge in [0, 0.05) is 19.2 Å². The maximum atomic E-state index is 13.3. The zero-order chi connectivity index (χ0) is 28.2. The molecular weight excluding hydrogens is 480 g/mol. The van der Waals surface area contributed by atoms with E-state index >= 15 is 0 Å². The van der Waals surface area contributed by atoms with E-state index in [0.717, 1.165) is 6.42 Å². The minimum absolute atomic E-state index is 0.0553. The van der Waals surface area contributed by atoms with Crippen LogP contribution in [0.3, 0.4) is 0 Å². The van der Waals surface area contributed by atoms with E-state index in [1.807, 2.05) is 20.8 Å². The minimum Gasteiger partial charge on any atom is -0.463 e. The van der Waals surface area contributed by atoms with E-state index in [1.54, 1.807) is 45.0 Å². The summed E-state index contributed by atoms with van der Waals surface area (Å²) in [4.78, 5) is 51.4. The van der Waals surface area contributed by atoms with E-state index in [-0.39, 0.29) is 18.9 Å². The van der Waals surface area contributed by atoms with Crippen molar-refractivity contribution in [2.75, 3.05) is 26.1 Å². The third-order valence-corrected chi connectivity index (χ3v) is 5.19. The summed E-state index contributed by atoms with van der Waals surface area (Å²) >= 11 is 0. The summed E-state index contributed by atoms with van der Waals surface area (Å²) in [6.45, 7) is 11.2. The molecule has 0 saturated heterocycles. The topological polar surface area (TPSA) is 120 Å². The molecule has 0 spiro atoms. The lowest BCUT2D eigenvalue weighted by molar-refractivity contribution is -0.171. The van der Waals surface area contributed by atoms with Gasteiger partial charge in [0.1, 0.15) is 11.6 Å². The molecule has 0 aromatic heterocycles. The molecule has 0 unspecified atom stereocenters. The van der Waals surface area contributed by atoms with Gasteiger partial charge in [-0.15, -0.1) is 0 Å². The van der Waals surface area contributed by atoms with Crippen molar-refractivity contribution in [2.45, 2.75) is 85.0 Å². The highest BCUT2D eigenvalue weighted by Crippen LogP contribution is 2.19. The number of amides is 2. The number of unbranched alkanes of at least 4 members (excludes halogenated alkanes) is 1. The fourth-order valence-corrected chi connectivity index (χ4v) is 3.23. The zero-order valence-corrected chi connectivity index (χ0v) is 23.3. The Labute approximate surface area is 220 Å². The van der Waals surface area contributed by atoms with E-state index < -0.39 is 41.9 Å². The summed E-state index contributed by atoms with van der Waals surface area (Å²) in [5.74, 6) is -1.32. The second kappa shape index (κ2) is 15.1. The van der Waals surface area contributed by atoms with Crippen molar-refractivity contribution in [3.05, 3.63) is 29.8 Å². The number of hydrogen-bond donors (Lipinski definition) is 1. The minimum atomic E-state index is -1.22. The summed E-state index contributed by atoms with van der Waals surface area (Å²) in [5.41, 5.74) is 0.449. The van der Waals surface area contributed by atoms with Crippen LogP contribution >= 0.6 is 0 Å². The second-order valence-corrected chi connectivity index (χ2v) is 10.2. The number of anilines is 1. The smallest absolute Gasteiger partial charge is 0.411 e. The molecule has 0 bridgehead atoms. The van der Waals surface area contributed by atoms with Crippen LogP contribution in [-0.4, -0.2) is 67.5 Å². The van der Waals surface area contributed by atoms with Crippen LogP contribution in [-0.2, 0) is 35.0 Å². The Morgan fingerprint density at radius 3 is 2.16 bits per heavy atom. The normalized spacial score (nSPS) is 12.8. The van der Waals surface area contributed by atoms with Crippen molar-refractivity contribution >= 4 is 29.8 Å². The van der Waals surface area contributed by atoms with Crippen LogP contribution < -0.4 is 5.32 Å². The van der Waals surface area contributed by atoms with Gasteiger partial charge in [0.2, 0.25) is 6.10 Å². The molecule has 1 rings (SSSR count). The summed E-state index contributed by atoms with van der Waals surface area (Å²) in [7, 11) is 2.74. The molecule has 0 aliphatic rings. The third-order valence-electron chi connectivity index (χ3n) is 5.19. The van der Waals surface area contributed by atoms with Gasteiger partial charge in [-0.25, -0.2) is 19.2 Å². The molecule has 0 aliphatic heterocycles.